The van der Waals surface area contributed by atoms with Crippen LogP contribution in [0.4, 0.5) is 0 Å². The molecule has 0 saturated heterocycles. The zero-order valence-corrected chi connectivity index (χ0v) is 39.1. The number of rotatable bonds is 4. The minimum atomic E-state index is -4.30. The fourth-order valence-electron chi connectivity index (χ4n) is 9.63. The van der Waals surface area contributed by atoms with E-state index in [0.717, 1.165) is 37.5 Å². The number of ether oxygens (including phenoxy) is 1. The molecular formula is C64H62N4O. The Balaban J connectivity index is 1.30. The number of pyridine rings is 1. The van der Waals surface area contributed by atoms with Crippen LogP contribution in [0.1, 0.15) is 132 Å². The summed E-state index contributed by atoms with van der Waals surface area (Å²) in [6.45, 7) is -13.1. The Morgan fingerprint density at radius 2 is 1.14 bits per heavy atom. The summed E-state index contributed by atoms with van der Waals surface area (Å²) >= 11 is 0. The second kappa shape index (κ2) is 15.6. The van der Waals surface area contributed by atoms with E-state index in [1.807, 2.05) is 81.4 Å². The third-order valence-electron chi connectivity index (χ3n) is 13.1. The van der Waals surface area contributed by atoms with Gasteiger partial charge >= 0.3 is 0 Å². The molecule has 5 nitrogen and oxygen atoms in total. The zero-order chi connectivity index (χ0) is 65.1. The molecule has 0 saturated carbocycles. The molecule has 0 amide bonds. The highest BCUT2D eigenvalue weighted by molar-refractivity contribution is 6.09. The maximum atomic E-state index is 10.4. The standard InChI is InChI=1S/C64H62N4O/c1-61(2,3)40-30-31-65-58(36-40)68-55-26-18-17-24-50(55)51-29-28-44(38-57(51)68)69-45-33-41(62(4,5)6)32-43(37-45)66-39-67-59-53(34-42(63(7,8)9)35-54(59)64(10,11)12)49-23-16-14-21-47(49)46-20-13-15-22-48(46)52-25-19-27-56(66)60(52)67/h13-38H,1-12H3/i7D3,8D3,9D3,10D3,11D3,12D3,34D,35D. The molecule has 5 heteroatoms. The molecular weight excluding hydrogens is 841 g/mol. The SMILES string of the molecule is [2H]c1c2c(c(C(C([2H])([2H])[2H])(C([2H])([2H])[2H])C([2H])([2H])[2H])c([2H])c1C(C([2H])([2H])[2H])(C([2H])([2H])[2H])C([2H])([2H])[2H])-[n+]1[c-]n(-c3cc(Oc4ccc5c6ccccc6n(-c6cc(C(C)(C)C)ccn6)c5c4)cc(C(C)(C)C)c3)c3cccc(c31)-c1ccccc1-c1ccccc1-2. The van der Waals surface area contributed by atoms with Gasteiger partial charge in [-0.1, -0.05) is 180 Å². The first-order valence-electron chi connectivity index (χ1n) is 32.8. The summed E-state index contributed by atoms with van der Waals surface area (Å²) in [5, 5.41) is 1.92. The quantitative estimate of drug-likeness (QED) is 0.130. The van der Waals surface area contributed by atoms with Crippen molar-refractivity contribution in [3.8, 4) is 62.1 Å². The van der Waals surface area contributed by atoms with Crippen LogP contribution in [0.2, 0.25) is 0 Å². The van der Waals surface area contributed by atoms with E-state index in [-0.39, 0.29) is 27.6 Å². The van der Waals surface area contributed by atoms with Crippen LogP contribution < -0.4 is 9.30 Å². The summed E-state index contributed by atoms with van der Waals surface area (Å²) in [5.74, 6) is 1.44. The molecule has 1 aliphatic heterocycles. The van der Waals surface area contributed by atoms with E-state index in [0.29, 0.717) is 39.7 Å². The van der Waals surface area contributed by atoms with Crippen molar-refractivity contribution < 1.29 is 36.7 Å². The highest BCUT2D eigenvalue weighted by Crippen LogP contribution is 2.47. The molecule has 10 aromatic rings. The Labute approximate surface area is 435 Å². The highest BCUT2D eigenvalue weighted by Gasteiger charge is 2.32. The molecule has 1 aliphatic rings. The third kappa shape index (κ3) is 7.54. The third-order valence-corrected chi connectivity index (χ3v) is 13.1. The Morgan fingerprint density at radius 3 is 1.84 bits per heavy atom. The Morgan fingerprint density at radius 1 is 0.522 bits per heavy atom. The lowest BCUT2D eigenvalue weighted by molar-refractivity contribution is -0.572. The fraction of sp³-hybridized carbons (Fsp3) is 0.250. The predicted octanol–water partition coefficient (Wildman–Crippen LogP) is 16.5. The largest absolute Gasteiger partial charge is 0.458 e. The van der Waals surface area contributed by atoms with Gasteiger partial charge in [0.1, 0.15) is 17.3 Å². The molecule has 0 radical (unpaired) electrons. The first kappa shape index (κ1) is 27.1. The number of imidazole rings is 1. The zero-order valence-electron chi connectivity index (χ0n) is 59.1. The van der Waals surface area contributed by atoms with E-state index in [1.54, 1.807) is 71.4 Å². The van der Waals surface area contributed by atoms with Crippen molar-refractivity contribution in [2.45, 2.75) is 104 Å². The van der Waals surface area contributed by atoms with Crippen LogP contribution in [-0.4, -0.2) is 14.1 Å². The van der Waals surface area contributed by atoms with Crippen molar-refractivity contribution in [1.82, 2.24) is 14.1 Å². The number of hydrogen-bond donors (Lipinski definition) is 0. The summed E-state index contributed by atoms with van der Waals surface area (Å²) < 4.78 is 196. The van der Waals surface area contributed by atoms with E-state index >= 15 is 0 Å². The van der Waals surface area contributed by atoms with E-state index in [4.69, 9.17) is 22.1 Å². The predicted molar refractivity (Wildman–Crippen MR) is 287 cm³/mol. The van der Waals surface area contributed by atoms with Crippen molar-refractivity contribution >= 4 is 32.8 Å². The number of fused-ring (bicyclic) bond motifs is 10. The maximum absolute atomic E-state index is 10.4. The van der Waals surface area contributed by atoms with Gasteiger partial charge in [-0.15, -0.1) is 0 Å². The van der Waals surface area contributed by atoms with Gasteiger partial charge in [-0.25, -0.2) is 4.98 Å². The van der Waals surface area contributed by atoms with Crippen LogP contribution in [0.25, 0.3) is 83.4 Å². The molecule has 3 aromatic heterocycles. The molecule has 0 atom stereocenters. The number of hydrogen-bond acceptors (Lipinski definition) is 2. The molecule has 69 heavy (non-hydrogen) atoms. The van der Waals surface area contributed by atoms with Gasteiger partial charge in [-0.05, 0) is 126 Å². The second-order valence-corrected chi connectivity index (χ2v) is 20.0. The minimum absolute atomic E-state index is 0.0668. The topological polar surface area (TPSA) is 35.9 Å². The summed E-state index contributed by atoms with van der Waals surface area (Å²) in [7, 11) is 0. The van der Waals surface area contributed by atoms with Gasteiger partial charge in [0.05, 0.1) is 36.2 Å². The molecule has 0 unspecified atom stereocenters. The van der Waals surface area contributed by atoms with Crippen molar-refractivity contribution in [2.75, 3.05) is 0 Å². The highest BCUT2D eigenvalue weighted by atomic mass is 16.5. The van der Waals surface area contributed by atoms with Gasteiger partial charge in [0.15, 0.2) is 0 Å². The number of aromatic nitrogens is 4. The van der Waals surface area contributed by atoms with Crippen LogP contribution in [0.15, 0.2) is 158 Å². The van der Waals surface area contributed by atoms with Crippen molar-refractivity contribution in [3.63, 3.8) is 0 Å². The Bertz CT molecular complexity index is 4430. The molecule has 344 valence electrons. The van der Waals surface area contributed by atoms with Gasteiger partial charge in [0.25, 0.3) is 6.33 Å². The van der Waals surface area contributed by atoms with Crippen LogP contribution in [-0.2, 0) is 21.7 Å². The number of benzene rings is 7. The lowest BCUT2D eigenvalue weighted by Crippen LogP contribution is -2.35. The Kier molecular flexibility index (Phi) is 6.14. The second-order valence-electron chi connectivity index (χ2n) is 20.0. The number of para-hydroxylation sites is 2. The summed E-state index contributed by atoms with van der Waals surface area (Å²) in [6.07, 6.45) is 5.09. The minimum Gasteiger partial charge on any atom is -0.458 e. The first-order chi connectivity index (χ1) is 41.1. The van der Waals surface area contributed by atoms with Gasteiger partial charge in [-0.2, -0.15) is 0 Å². The van der Waals surface area contributed by atoms with Crippen molar-refractivity contribution in [3.05, 3.63) is 186 Å². The molecule has 0 spiro atoms. The lowest BCUT2D eigenvalue weighted by atomic mass is 9.77. The van der Waals surface area contributed by atoms with Crippen LogP contribution in [0.5, 0.6) is 11.5 Å². The molecule has 7 aromatic carbocycles. The Hall–Kier alpha value is -7.24. The van der Waals surface area contributed by atoms with Crippen molar-refractivity contribution in [2.24, 2.45) is 0 Å². The van der Waals surface area contributed by atoms with E-state index < -0.39 is 91.8 Å². The van der Waals surface area contributed by atoms with Gasteiger partial charge in [0, 0.05) is 47.7 Å². The van der Waals surface area contributed by atoms with Gasteiger partial charge in [-0.3, -0.25) is 13.7 Å². The van der Waals surface area contributed by atoms with E-state index in [9.17, 15) is 15.1 Å². The first-order valence-corrected chi connectivity index (χ1v) is 22.8. The van der Waals surface area contributed by atoms with Gasteiger partial charge in [0.2, 0.25) is 0 Å². The maximum Gasteiger partial charge on any atom is 0.269 e. The summed E-state index contributed by atoms with van der Waals surface area (Å²) in [4.78, 5) is 4.84. The summed E-state index contributed by atoms with van der Waals surface area (Å²) in [6, 6.07) is 38.4. The normalized spacial score (nSPS) is 18.3. The average Bonchev–Trinajstić information content (AvgIpc) is 1.34. The lowest BCUT2D eigenvalue weighted by Gasteiger charge is -2.30. The molecule has 0 fully saturated rings. The smallest absolute Gasteiger partial charge is 0.269 e. The monoisotopic (exact) mass is 923 g/mol. The molecule has 4 heterocycles. The molecule has 0 N–H and O–H groups in total. The van der Waals surface area contributed by atoms with E-state index in [2.05, 4.69) is 37.7 Å². The van der Waals surface area contributed by atoms with E-state index in [1.165, 1.54) is 12.1 Å². The molecule has 0 bridgehead atoms. The average molecular weight is 923 g/mol. The molecule has 0 aliphatic carbocycles. The number of nitrogens with zero attached hydrogens (tertiary/aromatic N) is 4. The van der Waals surface area contributed by atoms with Crippen LogP contribution in [0, 0.1) is 6.33 Å². The van der Waals surface area contributed by atoms with Crippen molar-refractivity contribution in [1.29, 1.82) is 0 Å². The molecule has 11 rings (SSSR count). The van der Waals surface area contributed by atoms with Crippen LogP contribution in [0.3, 0.4) is 0 Å². The fourth-order valence-corrected chi connectivity index (χ4v) is 9.63. The van der Waals surface area contributed by atoms with Gasteiger partial charge < -0.3 is 4.74 Å². The van der Waals surface area contributed by atoms with Crippen LogP contribution >= 0.6 is 0 Å². The summed E-state index contributed by atoms with van der Waals surface area (Å²) in [5.41, 5.74) is -8.51.